The number of carbonyl (C=O) groups excluding carboxylic acids is 4. The highest BCUT2D eigenvalue weighted by atomic mass is 35.5. The first kappa shape index (κ1) is 38.0. The lowest BCUT2D eigenvalue weighted by Crippen LogP contribution is -2.53. The normalized spacial score (nSPS) is 24.9. The van der Waals surface area contributed by atoms with Crippen molar-refractivity contribution in [2.75, 3.05) is 24.0 Å². The van der Waals surface area contributed by atoms with Crippen molar-refractivity contribution in [2.45, 2.75) is 24.2 Å². The van der Waals surface area contributed by atoms with E-state index in [1.807, 2.05) is 54.6 Å². The number of nitrogens with zero attached hydrogens (tertiary/aromatic N) is 2. The minimum absolute atomic E-state index is 0.0882. The van der Waals surface area contributed by atoms with E-state index in [1.54, 1.807) is 80.9 Å². The predicted octanol–water partition coefficient (Wildman–Crippen LogP) is 8.74. The Morgan fingerprint density at radius 2 is 1.54 bits per heavy atom. The van der Waals surface area contributed by atoms with Gasteiger partial charge in [0, 0.05) is 16.5 Å². The molecule has 0 spiro atoms. The Morgan fingerprint density at radius 3 is 2.25 bits per heavy atom. The van der Waals surface area contributed by atoms with Gasteiger partial charge in [-0.25, -0.2) is 9.29 Å². The molecule has 11 heteroatoms. The minimum Gasteiger partial charge on any atom is -0.505 e. The molecule has 9 nitrogen and oxygen atoms in total. The number of anilines is 2. The second kappa shape index (κ2) is 14.7. The molecule has 1 N–H and O–H groups in total. The van der Waals surface area contributed by atoms with Gasteiger partial charge in [0.05, 0.1) is 48.8 Å². The number of carbonyl (C=O) groups is 4. The summed E-state index contributed by atoms with van der Waals surface area (Å²) in [5.74, 6) is -5.97. The van der Waals surface area contributed by atoms with E-state index in [0.717, 1.165) is 16.0 Å². The number of methoxy groups -OCH3 is 2. The Bertz CT molecular complexity index is 2610. The summed E-state index contributed by atoms with van der Waals surface area (Å²) in [7, 11) is 3.18. The van der Waals surface area contributed by atoms with Gasteiger partial charge in [0.1, 0.15) is 11.5 Å². The van der Waals surface area contributed by atoms with Crippen LogP contribution in [0.15, 0.2) is 127 Å². The van der Waals surface area contributed by atoms with Crippen molar-refractivity contribution >= 4 is 58.8 Å². The van der Waals surface area contributed by atoms with Gasteiger partial charge in [-0.1, -0.05) is 90.0 Å². The van der Waals surface area contributed by atoms with Crippen LogP contribution in [0.4, 0.5) is 15.8 Å². The number of allylic oxidation sites excluding steroid dienone is 2. The molecule has 2 heterocycles. The number of rotatable bonds is 8. The van der Waals surface area contributed by atoms with Crippen LogP contribution in [0.1, 0.15) is 41.0 Å². The van der Waals surface area contributed by atoms with Gasteiger partial charge in [0.2, 0.25) is 23.6 Å². The second-order valence-electron chi connectivity index (χ2n) is 15.3. The first-order valence-electron chi connectivity index (χ1n) is 19.3. The van der Waals surface area contributed by atoms with E-state index in [0.29, 0.717) is 44.6 Å². The van der Waals surface area contributed by atoms with Gasteiger partial charge >= 0.3 is 0 Å². The molecule has 2 aliphatic carbocycles. The number of fused-ring (bicyclic) bond motifs is 4. The lowest BCUT2D eigenvalue weighted by Gasteiger charge is -2.50. The second-order valence-corrected chi connectivity index (χ2v) is 15.8. The van der Waals surface area contributed by atoms with Crippen LogP contribution in [-0.2, 0) is 24.6 Å². The molecule has 2 saturated heterocycles. The molecule has 0 bridgehead atoms. The fourth-order valence-corrected chi connectivity index (χ4v) is 10.2. The monoisotopic (exact) mass is 808 g/mol. The SMILES string of the molecule is COc1ccc(OC)c(C=Cc2ccc(N3C(=O)[C@H]4[C@H](CC=C5[C@H]4C[C@H]4C(=O)N(c6cccc(Cl)c6)C(=O)[C@@]4(c4ccccc4)[C@H]5c4ccc(O)c(F)c4)C3=O)cc2)c1. The third kappa shape index (κ3) is 5.96. The van der Waals surface area contributed by atoms with Crippen LogP contribution in [0.25, 0.3) is 12.2 Å². The molecule has 296 valence electrons. The summed E-state index contributed by atoms with van der Waals surface area (Å²) in [5, 5.41) is 10.6. The number of phenols is 1. The predicted molar refractivity (Wildman–Crippen MR) is 222 cm³/mol. The van der Waals surface area contributed by atoms with Crippen molar-refractivity contribution in [1.82, 2.24) is 0 Å². The third-order valence-electron chi connectivity index (χ3n) is 12.5. The minimum atomic E-state index is -1.57. The molecule has 9 rings (SSSR count). The van der Waals surface area contributed by atoms with Crippen molar-refractivity contribution in [3.63, 3.8) is 0 Å². The molecule has 6 atom stereocenters. The first-order chi connectivity index (χ1) is 28.6. The highest BCUT2D eigenvalue weighted by Gasteiger charge is 2.70. The van der Waals surface area contributed by atoms with Gasteiger partial charge in [-0.05, 0) is 96.1 Å². The Balaban J connectivity index is 1.12. The smallest absolute Gasteiger partial charge is 0.246 e. The Morgan fingerprint density at radius 1 is 0.763 bits per heavy atom. The van der Waals surface area contributed by atoms with Gasteiger partial charge in [-0.15, -0.1) is 0 Å². The number of ether oxygens (including phenoxy) is 2. The summed E-state index contributed by atoms with van der Waals surface area (Å²) in [6.45, 7) is 0. The number of phenolic OH excluding ortho intramolecular Hbond substituents is 1. The summed E-state index contributed by atoms with van der Waals surface area (Å²) in [5.41, 5.74) is 2.37. The van der Waals surface area contributed by atoms with E-state index in [2.05, 4.69) is 0 Å². The van der Waals surface area contributed by atoms with Crippen molar-refractivity contribution in [3.8, 4) is 17.2 Å². The summed E-state index contributed by atoms with van der Waals surface area (Å²) in [6, 6.07) is 32.1. The van der Waals surface area contributed by atoms with E-state index in [1.165, 1.54) is 17.0 Å². The first-order valence-corrected chi connectivity index (χ1v) is 19.7. The van der Waals surface area contributed by atoms with Crippen LogP contribution >= 0.6 is 11.6 Å². The highest BCUT2D eigenvalue weighted by Crippen LogP contribution is 2.64. The van der Waals surface area contributed by atoms with Crippen molar-refractivity contribution < 1.29 is 38.1 Å². The maximum atomic E-state index is 15.4. The van der Waals surface area contributed by atoms with E-state index >= 15 is 9.18 Å². The van der Waals surface area contributed by atoms with E-state index in [4.69, 9.17) is 21.1 Å². The number of hydrogen-bond acceptors (Lipinski definition) is 7. The topological polar surface area (TPSA) is 113 Å². The van der Waals surface area contributed by atoms with Gasteiger partial charge in [-0.3, -0.25) is 24.1 Å². The van der Waals surface area contributed by atoms with Crippen LogP contribution in [0.5, 0.6) is 17.2 Å². The van der Waals surface area contributed by atoms with Crippen molar-refractivity contribution in [2.24, 2.45) is 23.7 Å². The van der Waals surface area contributed by atoms with Gasteiger partial charge < -0.3 is 14.6 Å². The average molecular weight is 809 g/mol. The maximum Gasteiger partial charge on any atom is 0.246 e. The lowest BCUT2D eigenvalue weighted by molar-refractivity contribution is -0.127. The molecular weight excluding hydrogens is 771 g/mol. The van der Waals surface area contributed by atoms with Crippen molar-refractivity contribution in [1.29, 1.82) is 0 Å². The molecule has 0 radical (unpaired) electrons. The molecule has 0 unspecified atom stereocenters. The van der Waals surface area contributed by atoms with Crippen molar-refractivity contribution in [3.05, 3.63) is 160 Å². The molecule has 4 amide bonds. The third-order valence-corrected chi connectivity index (χ3v) is 12.8. The van der Waals surface area contributed by atoms with Gasteiger partial charge in [0.25, 0.3) is 0 Å². The molecule has 3 fully saturated rings. The number of imide groups is 2. The van der Waals surface area contributed by atoms with Crippen LogP contribution in [0, 0.1) is 29.5 Å². The fraction of sp³-hybridized carbons (Fsp3) is 0.208. The summed E-state index contributed by atoms with van der Waals surface area (Å²) >= 11 is 6.40. The summed E-state index contributed by atoms with van der Waals surface area (Å²) < 4.78 is 26.3. The van der Waals surface area contributed by atoms with E-state index in [-0.39, 0.29) is 18.7 Å². The van der Waals surface area contributed by atoms with Crippen LogP contribution in [-0.4, -0.2) is 43.0 Å². The molecule has 4 aliphatic rings. The summed E-state index contributed by atoms with van der Waals surface area (Å²) in [6.07, 6.45) is 5.99. The van der Waals surface area contributed by atoms with E-state index < -0.39 is 64.3 Å². The fourth-order valence-electron chi connectivity index (χ4n) is 9.97. The zero-order valence-electron chi connectivity index (χ0n) is 32.0. The van der Waals surface area contributed by atoms with Gasteiger partial charge in [0.15, 0.2) is 11.6 Å². The number of hydrogen-bond donors (Lipinski definition) is 1. The zero-order valence-corrected chi connectivity index (χ0v) is 32.8. The maximum absolute atomic E-state index is 15.4. The summed E-state index contributed by atoms with van der Waals surface area (Å²) in [4.78, 5) is 61.7. The average Bonchev–Trinajstić information content (AvgIpc) is 3.64. The molecule has 59 heavy (non-hydrogen) atoms. The molecule has 1 saturated carbocycles. The molecule has 2 aliphatic heterocycles. The lowest BCUT2D eigenvalue weighted by atomic mass is 9.49. The van der Waals surface area contributed by atoms with E-state index in [9.17, 15) is 19.5 Å². The standard InChI is InChI=1S/C48H38ClFN2O7/c1-58-34-18-22-41(59-2)28(23-34)14-11-27-12-16-32(17-13-27)51-44(54)36-20-19-35-37(42(36)46(51)56)26-38-45(55)52(33-10-6-9-31(49)25-33)47(57)48(38,30-7-4-3-5-8-30)43(35)29-15-21-40(53)39(50)24-29/h3-19,21-25,36-38,42-43,53H,20,26H2,1-2H3/t36-,37+,38-,42-,43-,48+/m0/s1. The molecule has 5 aromatic carbocycles. The number of amides is 4. The van der Waals surface area contributed by atoms with Crippen LogP contribution in [0.3, 0.4) is 0 Å². The highest BCUT2D eigenvalue weighted by molar-refractivity contribution is 6.32. The Kier molecular flexibility index (Phi) is 9.47. The number of halogens is 2. The molecule has 5 aromatic rings. The van der Waals surface area contributed by atoms with Gasteiger partial charge in [-0.2, -0.15) is 0 Å². The number of benzene rings is 5. The zero-order chi connectivity index (χ0) is 41.2. The molecular formula is C48H38ClFN2O7. The molecule has 0 aromatic heterocycles. The van der Waals surface area contributed by atoms with Crippen LogP contribution < -0.4 is 19.3 Å². The Labute approximate surface area is 344 Å². The van der Waals surface area contributed by atoms with Crippen LogP contribution in [0.2, 0.25) is 5.02 Å². The quantitative estimate of drug-likeness (QED) is 0.0948. The Hall–Kier alpha value is -6.52. The largest absolute Gasteiger partial charge is 0.505 e. The number of aromatic hydroxyl groups is 1.